The molecule has 1 saturated heterocycles. The lowest BCUT2D eigenvalue weighted by atomic mass is 9.80. The maximum Gasteiger partial charge on any atom is 0.217 e. The number of carbonyl (C=O) groups excluding carboxylic acids is 1. The molecule has 28 heavy (non-hydrogen) atoms. The topological polar surface area (TPSA) is 58.1 Å². The van der Waals surface area contributed by atoms with E-state index in [1.807, 2.05) is 36.5 Å². The number of fused-ring (bicyclic) bond motifs is 1. The number of benzene rings is 2. The molecule has 5 nitrogen and oxygen atoms in total. The Hall–Kier alpha value is -2.86. The van der Waals surface area contributed by atoms with E-state index in [4.69, 9.17) is 4.98 Å². The number of para-hydroxylation sites is 2. The van der Waals surface area contributed by atoms with Crippen LogP contribution in [0.2, 0.25) is 0 Å². The predicted molar refractivity (Wildman–Crippen MR) is 106 cm³/mol. The lowest BCUT2D eigenvalue weighted by Gasteiger charge is -2.42. The first-order valence-corrected chi connectivity index (χ1v) is 9.52. The molecule has 1 aromatic heterocycles. The molecule has 3 aromatic rings. The van der Waals surface area contributed by atoms with Gasteiger partial charge in [-0.15, -0.1) is 0 Å². The van der Waals surface area contributed by atoms with Gasteiger partial charge in [0.25, 0.3) is 0 Å². The van der Waals surface area contributed by atoms with Crippen LogP contribution >= 0.6 is 0 Å². The van der Waals surface area contributed by atoms with Gasteiger partial charge in [-0.05, 0) is 31.0 Å². The highest BCUT2D eigenvalue weighted by Crippen LogP contribution is 2.35. The van der Waals surface area contributed by atoms with Gasteiger partial charge in [0.05, 0.1) is 28.5 Å². The van der Waals surface area contributed by atoms with Gasteiger partial charge in [-0.25, -0.2) is 9.37 Å². The number of carbonyl (C=O) groups is 1. The molecule has 1 aliphatic heterocycles. The second-order valence-corrected chi connectivity index (χ2v) is 7.37. The Morgan fingerprint density at radius 2 is 1.79 bits per heavy atom. The summed E-state index contributed by atoms with van der Waals surface area (Å²) < 4.78 is 14.5. The van der Waals surface area contributed by atoms with E-state index in [0.717, 1.165) is 29.8 Å². The maximum atomic E-state index is 14.5. The van der Waals surface area contributed by atoms with Crippen LogP contribution < -0.4 is 5.32 Å². The highest BCUT2D eigenvalue weighted by atomic mass is 19.1. The second-order valence-electron chi connectivity index (χ2n) is 7.37. The Labute approximate surface area is 163 Å². The maximum absolute atomic E-state index is 14.5. The van der Waals surface area contributed by atoms with Crippen molar-refractivity contribution in [1.29, 1.82) is 0 Å². The van der Waals surface area contributed by atoms with Crippen molar-refractivity contribution in [2.24, 2.45) is 0 Å². The van der Waals surface area contributed by atoms with Gasteiger partial charge in [-0.1, -0.05) is 30.3 Å². The number of likely N-dealkylation sites (tertiary alicyclic amines) is 1. The zero-order valence-electron chi connectivity index (χ0n) is 15.9. The van der Waals surface area contributed by atoms with Crippen LogP contribution in [0.3, 0.4) is 0 Å². The number of aromatic nitrogens is 2. The first-order chi connectivity index (χ1) is 13.6. The Morgan fingerprint density at radius 3 is 2.50 bits per heavy atom. The summed E-state index contributed by atoms with van der Waals surface area (Å²) in [5.41, 5.74) is 2.58. The molecule has 0 saturated carbocycles. The smallest absolute Gasteiger partial charge is 0.217 e. The summed E-state index contributed by atoms with van der Waals surface area (Å²) in [6.45, 7) is 3.65. The molecule has 0 aliphatic carbocycles. The first-order valence-electron chi connectivity index (χ1n) is 9.52. The van der Waals surface area contributed by atoms with Gasteiger partial charge in [0.15, 0.2) is 0 Å². The monoisotopic (exact) mass is 378 g/mol. The van der Waals surface area contributed by atoms with E-state index in [-0.39, 0.29) is 11.7 Å². The molecular weight excluding hydrogens is 355 g/mol. The molecule has 1 amide bonds. The standard InChI is InChI=1S/C22H23FN4O/c1-16(28)26-22(18-6-2-3-7-19(18)23)10-12-27(13-11-22)15-17-14-24-20-8-4-5-9-21(20)25-17/h2-9,14H,10-13,15H2,1H3,(H,26,28). The van der Waals surface area contributed by atoms with Crippen LogP contribution in [0.5, 0.6) is 0 Å². The van der Waals surface area contributed by atoms with E-state index in [1.54, 1.807) is 12.1 Å². The summed E-state index contributed by atoms with van der Waals surface area (Å²) in [6.07, 6.45) is 3.11. The van der Waals surface area contributed by atoms with Gasteiger partial charge in [-0.3, -0.25) is 14.7 Å². The third kappa shape index (κ3) is 3.73. The van der Waals surface area contributed by atoms with Crippen LogP contribution in [-0.2, 0) is 16.9 Å². The summed E-state index contributed by atoms with van der Waals surface area (Å²) in [6, 6.07) is 14.5. The number of nitrogens with one attached hydrogen (secondary N) is 1. The number of piperidine rings is 1. The lowest BCUT2D eigenvalue weighted by molar-refractivity contribution is -0.121. The van der Waals surface area contributed by atoms with Crippen LogP contribution in [0.4, 0.5) is 4.39 Å². The summed E-state index contributed by atoms with van der Waals surface area (Å²) in [7, 11) is 0. The highest BCUT2D eigenvalue weighted by Gasteiger charge is 2.38. The largest absolute Gasteiger partial charge is 0.347 e. The van der Waals surface area contributed by atoms with Crippen molar-refractivity contribution in [2.75, 3.05) is 13.1 Å². The first kappa shape index (κ1) is 18.5. The van der Waals surface area contributed by atoms with Gasteiger partial charge in [0, 0.05) is 32.1 Å². The summed E-state index contributed by atoms with van der Waals surface area (Å²) >= 11 is 0. The molecule has 4 rings (SSSR count). The van der Waals surface area contributed by atoms with E-state index in [9.17, 15) is 9.18 Å². The van der Waals surface area contributed by atoms with Gasteiger partial charge in [0.2, 0.25) is 5.91 Å². The van der Waals surface area contributed by atoms with Crippen molar-refractivity contribution in [3.05, 3.63) is 71.8 Å². The average Bonchev–Trinajstić information content (AvgIpc) is 2.69. The van der Waals surface area contributed by atoms with Crippen LogP contribution in [-0.4, -0.2) is 33.9 Å². The third-order valence-electron chi connectivity index (χ3n) is 5.40. The molecule has 144 valence electrons. The number of rotatable bonds is 4. The van der Waals surface area contributed by atoms with Crippen molar-refractivity contribution >= 4 is 16.9 Å². The fraction of sp³-hybridized carbons (Fsp3) is 0.318. The Bertz CT molecular complexity index is 999. The molecule has 0 spiro atoms. The number of hydrogen-bond acceptors (Lipinski definition) is 4. The van der Waals surface area contributed by atoms with Gasteiger partial charge in [-0.2, -0.15) is 0 Å². The predicted octanol–water partition coefficient (Wildman–Crippen LogP) is 3.40. The minimum absolute atomic E-state index is 0.142. The number of hydrogen-bond donors (Lipinski definition) is 1. The normalized spacial score (nSPS) is 16.8. The summed E-state index contributed by atoms with van der Waals surface area (Å²) in [5.74, 6) is -0.415. The molecular formula is C22H23FN4O. The molecule has 1 fully saturated rings. The summed E-state index contributed by atoms with van der Waals surface area (Å²) in [5, 5.41) is 3.03. The van der Waals surface area contributed by atoms with Crippen molar-refractivity contribution < 1.29 is 9.18 Å². The highest BCUT2D eigenvalue weighted by molar-refractivity contribution is 5.74. The molecule has 6 heteroatoms. The van der Waals surface area contributed by atoms with E-state index in [2.05, 4.69) is 15.2 Å². The van der Waals surface area contributed by atoms with Crippen molar-refractivity contribution in [1.82, 2.24) is 20.2 Å². The van der Waals surface area contributed by atoms with E-state index < -0.39 is 5.54 Å². The molecule has 1 N–H and O–H groups in total. The van der Waals surface area contributed by atoms with Gasteiger partial charge >= 0.3 is 0 Å². The zero-order chi connectivity index (χ0) is 19.6. The zero-order valence-corrected chi connectivity index (χ0v) is 15.9. The van der Waals surface area contributed by atoms with Crippen LogP contribution in [0.25, 0.3) is 11.0 Å². The number of halogens is 1. The molecule has 2 aromatic carbocycles. The Kier molecular flexibility index (Phi) is 5.05. The van der Waals surface area contributed by atoms with E-state index >= 15 is 0 Å². The van der Waals surface area contributed by atoms with Crippen molar-refractivity contribution in [3.8, 4) is 0 Å². The van der Waals surface area contributed by atoms with Crippen LogP contribution in [0, 0.1) is 5.82 Å². The lowest BCUT2D eigenvalue weighted by Crippen LogP contribution is -2.52. The fourth-order valence-electron chi connectivity index (χ4n) is 4.04. The van der Waals surface area contributed by atoms with Crippen molar-refractivity contribution in [2.45, 2.75) is 31.8 Å². The second kappa shape index (κ2) is 7.64. The van der Waals surface area contributed by atoms with E-state index in [0.29, 0.717) is 24.9 Å². The quantitative estimate of drug-likeness (QED) is 0.756. The molecule has 0 atom stereocenters. The van der Waals surface area contributed by atoms with Crippen molar-refractivity contribution in [3.63, 3.8) is 0 Å². The minimum Gasteiger partial charge on any atom is -0.347 e. The van der Waals surface area contributed by atoms with Crippen LogP contribution in [0.1, 0.15) is 31.0 Å². The molecule has 0 radical (unpaired) electrons. The minimum atomic E-state index is -0.664. The Morgan fingerprint density at radius 1 is 1.11 bits per heavy atom. The molecule has 0 bridgehead atoms. The average molecular weight is 378 g/mol. The molecule has 0 unspecified atom stereocenters. The van der Waals surface area contributed by atoms with Gasteiger partial charge in [0.1, 0.15) is 5.82 Å². The molecule has 1 aliphatic rings. The Balaban J connectivity index is 1.51. The third-order valence-corrected chi connectivity index (χ3v) is 5.40. The van der Waals surface area contributed by atoms with Gasteiger partial charge < -0.3 is 5.32 Å². The SMILES string of the molecule is CC(=O)NC1(c2ccccc2F)CCN(Cc2cnc3ccccc3n2)CC1. The fourth-order valence-corrected chi connectivity index (χ4v) is 4.04. The number of amides is 1. The number of nitrogens with zero attached hydrogens (tertiary/aromatic N) is 3. The molecule has 2 heterocycles. The van der Waals surface area contributed by atoms with E-state index in [1.165, 1.54) is 13.0 Å². The van der Waals surface area contributed by atoms with Crippen LogP contribution in [0.15, 0.2) is 54.7 Å². The summed E-state index contributed by atoms with van der Waals surface area (Å²) in [4.78, 5) is 23.3.